The molecule has 3 radical (unpaired) electrons. The van der Waals surface area contributed by atoms with Gasteiger partial charge < -0.3 is 0 Å². The van der Waals surface area contributed by atoms with Crippen LogP contribution in [0.4, 0.5) is 0 Å². The van der Waals surface area contributed by atoms with E-state index in [9.17, 15) is 0 Å². The van der Waals surface area contributed by atoms with Gasteiger partial charge in [-0.1, -0.05) is 41.5 Å². The molecule has 0 saturated carbocycles. The molecule has 0 aromatic carbocycles. The van der Waals surface area contributed by atoms with E-state index in [1.807, 2.05) is 13.8 Å². The zero-order valence-electron chi connectivity index (χ0n) is 5.51. The third-order valence-corrected chi connectivity index (χ3v) is 0. The second-order valence-corrected chi connectivity index (χ2v) is 0.707. The van der Waals surface area contributed by atoms with E-state index in [0.717, 1.165) is 0 Å². The summed E-state index contributed by atoms with van der Waals surface area (Å²) in [5.74, 6) is 0. The molecule has 0 amide bonds. The number of nitrogens with zero attached hydrogens (tertiary/aromatic N) is 1. The third kappa shape index (κ3) is 188. The summed E-state index contributed by atoms with van der Waals surface area (Å²) in [4.78, 5) is 0. The fourth-order valence-corrected chi connectivity index (χ4v) is 0. The Balaban J connectivity index is -0.00000000567. The predicted octanol–water partition coefficient (Wildman–Crippen LogP) is 2.60. The van der Waals surface area contributed by atoms with E-state index in [2.05, 4.69) is 13.8 Å². The Kier molecular flexibility index (Phi) is 380. The molecule has 0 aliphatic rings. The fourth-order valence-electron chi connectivity index (χ4n) is 0. The van der Waals surface area contributed by atoms with Crippen LogP contribution in [0.1, 0.15) is 41.5 Å². The van der Waals surface area contributed by atoms with E-state index in [0.29, 0.717) is 0 Å². The molecule has 0 aliphatic carbocycles. The number of rotatable bonds is 0. The van der Waals surface area contributed by atoms with Crippen LogP contribution in [0.2, 0.25) is 0 Å². The van der Waals surface area contributed by atoms with Crippen LogP contribution in [0.3, 0.4) is 0 Å². The van der Waals surface area contributed by atoms with Gasteiger partial charge in [-0.3, -0.25) is 0 Å². The molecule has 0 rings (SSSR count). The quantitative estimate of drug-likeness (QED) is 0.500. The number of hydrogen-bond acceptors (Lipinski definition) is 0. The molecule has 8 heavy (non-hydrogen) atoms. The van der Waals surface area contributed by atoms with Gasteiger partial charge >= 0.3 is 0 Å². The molecule has 55 valence electrons. The Bertz CT molecular complexity index is 8.49. The largest absolute Gasteiger partial charge is 0.0776 e. The average Bonchev–Trinajstić information content (AvgIpc) is 1.46. The molecule has 0 aromatic heterocycles. The predicted molar refractivity (Wildman–Crippen MR) is 36.2 cm³/mol. The van der Waals surface area contributed by atoms with E-state index in [1.165, 1.54) is 6.42 Å². The number of hydrogen-bond donors (Lipinski definition) is 0. The van der Waals surface area contributed by atoms with Gasteiger partial charge in [-0.2, -0.15) is 0 Å². The van der Waals surface area contributed by atoms with Crippen LogP contribution in [-0.4, -0.2) is 0 Å². The Morgan fingerprint density at radius 1 is 1.00 bits per heavy atom. The monoisotopic (exact) mass is 144 g/mol. The topological polar surface area (TPSA) is 30.5 Å². The summed E-state index contributed by atoms with van der Waals surface area (Å²) in [5.41, 5.74) is 0. The van der Waals surface area contributed by atoms with E-state index in [4.69, 9.17) is 0 Å². The maximum absolute atomic E-state index is 2.12. The molecular weight excluding hydrogens is 126 g/mol. The molecule has 0 heterocycles. The van der Waals surface area contributed by atoms with E-state index < -0.39 is 0 Å². The first kappa shape index (κ1) is 35.0. The smallest absolute Gasteiger partial charge is 0 e. The second kappa shape index (κ2) is 87.0. The van der Waals surface area contributed by atoms with Gasteiger partial charge in [0.05, 0.1) is 0 Å². The summed E-state index contributed by atoms with van der Waals surface area (Å²) < 4.78 is 0. The first-order chi connectivity index (χ1) is 2.41. The van der Waals surface area contributed by atoms with Gasteiger partial charge in [0, 0.05) is 43.9 Å². The van der Waals surface area contributed by atoms with Crippen LogP contribution < -0.4 is 6.15 Å². The van der Waals surface area contributed by atoms with Crippen molar-refractivity contribution in [1.29, 1.82) is 0 Å². The van der Waals surface area contributed by atoms with Gasteiger partial charge in [0.1, 0.15) is 0 Å². The molecule has 0 spiro atoms. The third-order valence-electron chi connectivity index (χ3n) is 0. The van der Waals surface area contributed by atoms with Gasteiger partial charge in [-0.05, 0) is 0 Å². The van der Waals surface area contributed by atoms with Crippen molar-refractivity contribution in [2.45, 2.75) is 41.5 Å². The SMILES string of the molecule is C.CC.CCC.[Ar].[N]. The molecule has 0 bridgehead atoms. The molecule has 0 atom stereocenters. The van der Waals surface area contributed by atoms with Gasteiger partial charge in [0.2, 0.25) is 0 Å². The van der Waals surface area contributed by atoms with E-state index >= 15 is 0 Å². The summed E-state index contributed by atoms with van der Waals surface area (Å²) in [6.45, 7) is 8.25. The fraction of sp³-hybridized carbons (Fsp3) is 1.00. The van der Waals surface area contributed by atoms with Crippen molar-refractivity contribution >= 4 is 0 Å². The summed E-state index contributed by atoms with van der Waals surface area (Å²) >= 11 is 0. The molecule has 0 unspecified atom stereocenters. The minimum absolute atomic E-state index is 0. The first-order valence-corrected chi connectivity index (χ1v) is 2.41. The Labute approximate surface area is 84.8 Å². The standard InChI is InChI=1S/C3H8.C2H6.CH4.Ar.N/c1-3-2;1-2;;;/h3H2,1-2H3;1-2H3;1H4;;. The maximum atomic E-state index is 2.12. The summed E-state index contributed by atoms with van der Waals surface area (Å²) in [5, 5.41) is 0. The Morgan fingerprint density at radius 2 is 1.00 bits per heavy atom. The summed E-state index contributed by atoms with van der Waals surface area (Å²) in [6.07, 6.45) is 1.25. The van der Waals surface area contributed by atoms with Crippen molar-refractivity contribution < 1.29 is 37.7 Å². The average molecular weight is 144 g/mol. The molecule has 0 aliphatic heterocycles. The van der Waals surface area contributed by atoms with Crippen LogP contribution >= 0.6 is 0 Å². The van der Waals surface area contributed by atoms with Crippen molar-refractivity contribution in [3.63, 3.8) is 0 Å². The van der Waals surface area contributed by atoms with Crippen LogP contribution in [0, 0.1) is 37.7 Å². The molecule has 2 heteroatoms. The summed E-state index contributed by atoms with van der Waals surface area (Å²) in [7, 11) is 0. The van der Waals surface area contributed by atoms with Gasteiger partial charge in [0.15, 0.2) is 0 Å². The van der Waals surface area contributed by atoms with Crippen LogP contribution in [0.5, 0.6) is 0 Å². The second-order valence-electron chi connectivity index (χ2n) is 0.707. The first-order valence-electron chi connectivity index (χ1n) is 2.41. The van der Waals surface area contributed by atoms with Crippen LogP contribution in [0.25, 0.3) is 0 Å². The summed E-state index contributed by atoms with van der Waals surface area (Å²) in [6, 6.07) is 0. The maximum Gasteiger partial charge on any atom is 0 e. The van der Waals surface area contributed by atoms with Crippen LogP contribution in [0.15, 0.2) is 0 Å². The molecule has 0 fully saturated rings. The van der Waals surface area contributed by atoms with E-state index in [-0.39, 0.29) is 51.3 Å². The van der Waals surface area contributed by atoms with Crippen LogP contribution in [-0.2, 0) is 0 Å². The Morgan fingerprint density at radius 3 is 1.00 bits per heavy atom. The van der Waals surface area contributed by atoms with Gasteiger partial charge in [-0.25, -0.2) is 0 Å². The molecule has 0 N–H and O–H groups in total. The molecule has 0 saturated heterocycles. The zero-order chi connectivity index (χ0) is 4.71. The normalized spacial score (nSPS) is 3.00. The zero-order valence-corrected chi connectivity index (χ0v) is 6.21. The van der Waals surface area contributed by atoms with Crippen molar-refractivity contribution in [1.82, 2.24) is 6.15 Å². The van der Waals surface area contributed by atoms with E-state index in [1.54, 1.807) is 0 Å². The molecule has 0 aromatic rings. The van der Waals surface area contributed by atoms with Crippen molar-refractivity contribution in [2.75, 3.05) is 0 Å². The van der Waals surface area contributed by atoms with Gasteiger partial charge in [0.25, 0.3) is 0 Å². The minimum Gasteiger partial charge on any atom is -0.0776 e. The molecular formula is C6H18ArN. The van der Waals surface area contributed by atoms with Crippen molar-refractivity contribution in [2.24, 2.45) is 0 Å². The Hall–Kier alpha value is 1.22. The van der Waals surface area contributed by atoms with Crippen molar-refractivity contribution in [3.05, 3.63) is 0 Å². The minimum atomic E-state index is 0. The molecule has 1 nitrogen and oxygen atoms in total. The van der Waals surface area contributed by atoms with Gasteiger partial charge in [-0.15, -0.1) is 0 Å². The van der Waals surface area contributed by atoms with Crippen molar-refractivity contribution in [3.8, 4) is 0 Å².